The van der Waals surface area contributed by atoms with E-state index in [2.05, 4.69) is 26.6 Å². The van der Waals surface area contributed by atoms with E-state index in [1.54, 1.807) is 43.3 Å². The summed E-state index contributed by atoms with van der Waals surface area (Å²) in [5, 5.41) is 5.35. The van der Waals surface area contributed by atoms with Crippen LogP contribution >= 0.6 is 27.5 Å². The molecule has 3 aromatic rings. The Kier molecular flexibility index (Phi) is 7.75. The van der Waals surface area contributed by atoms with Gasteiger partial charge in [0, 0.05) is 10.7 Å². The maximum atomic E-state index is 13.1. The number of amides is 5. The van der Waals surface area contributed by atoms with E-state index < -0.39 is 17.8 Å². The van der Waals surface area contributed by atoms with Crippen molar-refractivity contribution in [2.45, 2.75) is 13.8 Å². The molecule has 37 heavy (non-hydrogen) atoms. The van der Waals surface area contributed by atoms with E-state index in [-0.39, 0.29) is 23.8 Å². The second kappa shape index (κ2) is 11.0. The third-order valence-corrected chi connectivity index (χ3v) is 6.59. The largest absolute Gasteiger partial charge is 0.483 e. The van der Waals surface area contributed by atoms with Crippen LogP contribution in [0.25, 0.3) is 6.08 Å². The van der Waals surface area contributed by atoms with Crippen LogP contribution in [0, 0.1) is 13.8 Å². The van der Waals surface area contributed by atoms with Gasteiger partial charge < -0.3 is 10.1 Å². The van der Waals surface area contributed by atoms with Crippen molar-refractivity contribution in [1.29, 1.82) is 0 Å². The third-order valence-electron chi connectivity index (χ3n) is 5.56. The first-order valence-corrected chi connectivity index (χ1v) is 12.3. The predicted octanol–water partition coefficient (Wildman–Crippen LogP) is 5.40. The molecule has 4 rings (SSSR count). The molecule has 0 unspecified atom stereocenters. The van der Waals surface area contributed by atoms with Crippen molar-refractivity contribution in [2.75, 3.05) is 16.8 Å². The molecule has 8 nitrogen and oxygen atoms in total. The van der Waals surface area contributed by atoms with Gasteiger partial charge in [-0.05, 0) is 82.9 Å². The number of halogens is 2. The zero-order chi connectivity index (χ0) is 26.7. The molecular weight excluding hydrogens is 562 g/mol. The van der Waals surface area contributed by atoms with Crippen molar-refractivity contribution in [3.8, 4) is 5.75 Å². The maximum absolute atomic E-state index is 13.1. The fourth-order valence-electron chi connectivity index (χ4n) is 3.55. The summed E-state index contributed by atoms with van der Waals surface area (Å²) in [5.41, 5.74) is 2.93. The van der Waals surface area contributed by atoms with Crippen LogP contribution in [0.3, 0.4) is 0 Å². The van der Waals surface area contributed by atoms with Crippen LogP contribution in [-0.2, 0) is 14.4 Å². The van der Waals surface area contributed by atoms with Crippen LogP contribution in [0.2, 0.25) is 5.02 Å². The molecule has 3 aromatic carbocycles. The molecule has 0 bridgehead atoms. The number of imide groups is 2. The number of carbonyl (C=O) groups excluding carboxylic acids is 4. The molecule has 0 saturated carbocycles. The molecule has 0 spiro atoms. The molecule has 1 fully saturated rings. The van der Waals surface area contributed by atoms with E-state index in [0.717, 1.165) is 16.0 Å². The van der Waals surface area contributed by atoms with Gasteiger partial charge in [0.05, 0.1) is 10.2 Å². The molecule has 1 saturated heterocycles. The van der Waals surface area contributed by atoms with E-state index >= 15 is 0 Å². The minimum absolute atomic E-state index is 0.218. The van der Waals surface area contributed by atoms with E-state index in [0.29, 0.717) is 26.5 Å². The van der Waals surface area contributed by atoms with E-state index in [1.165, 1.54) is 12.1 Å². The minimum atomic E-state index is -0.860. The summed E-state index contributed by atoms with van der Waals surface area (Å²) in [6.07, 6.45) is 1.37. The van der Waals surface area contributed by atoms with Crippen molar-refractivity contribution in [3.63, 3.8) is 0 Å². The van der Waals surface area contributed by atoms with Crippen molar-refractivity contribution in [3.05, 3.63) is 92.4 Å². The smallest absolute Gasteiger partial charge is 0.335 e. The summed E-state index contributed by atoms with van der Waals surface area (Å²) in [6, 6.07) is 16.1. The van der Waals surface area contributed by atoms with Gasteiger partial charge in [-0.15, -0.1) is 0 Å². The number of rotatable bonds is 6. The Hall–Kier alpha value is -3.95. The van der Waals surface area contributed by atoms with Gasteiger partial charge in [0.2, 0.25) is 0 Å². The minimum Gasteiger partial charge on any atom is -0.483 e. The summed E-state index contributed by atoms with van der Waals surface area (Å²) in [4.78, 5) is 51.1. The summed E-state index contributed by atoms with van der Waals surface area (Å²) < 4.78 is 6.12. The number of carbonyl (C=O) groups is 4. The number of urea groups is 1. The first kappa shape index (κ1) is 26.1. The summed E-state index contributed by atoms with van der Waals surface area (Å²) in [6.45, 7) is 3.47. The second-order valence-corrected chi connectivity index (χ2v) is 9.49. The average molecular weight is 583 g/mol. The van der Waals surface area contributed by atoms with E-state index in [4.69, 9.17) is 16.3 Å². The molecule has 1 aliphatic heterocycles. The number of anilines is 2. The summed E-state index contributed by atoms with van der Waals surface area (Å²) in [5.74, 6) is -1.52. The topological polar surface area (TPSA) is 105 Å². The number of hydrogen-bond donors (Lipinski definition) is 2. The molecule has 5 amide bonds. The molecule has 188 valence electrons. The Labute approximate surface area is 226 Å². The summed E-state index contributed by atoms with van der Waals surface area (Å²) >= 11 is 9.55. The molecule has 0 aromatic heterocycles. The molecular formula is C27H21BrClN3O5. The molecule has 1 aliphatic rings. The van der Waals surface area contributed by atoms with Crippen LogP contribution in [0.15, 0.2) is 70.7 Å². The predicted molar refractivity (Wildman–Crippen MR) is 145 cm³/mol. The van der Waals surface area contributed by atoms with Gasteiger partial charge in [-0.1, -0.05) is 41.9 Å². The van der Waals surface area contributed by atoms with Crippen molar-refractivity contribution >= 4 is 68.7 Å². The number of hydrogen-bond acceptors (Lipinski definition) is 5. The van der Waals surface area contributed by atoms with E-state index in [9.17, 15) is 19.2 Å². The number of nitrogens with one attached hydrogen (secondary N) is 2. The fraction of sp³-hybridized carbons (Fsp3) is 0.111. The highest BCUT2D eigenvalue weighted by molar-refractivity contribution is 9.10. The van der Waals surface area contributed by atoms with Crippen LogP contribution in [0.5, 0.6) is 5.75 Å². The molecule has 0 radical (unpaired) electrons. The highest BCUT2D eigenvalue weighted by Crippen LogP contribution is 2.29. The number of barbiturate groups is 1. The number of ether oxygens (including phenoxy) is 1. The Bertz CT molecular complexity index is 1470. The second-order valence-electron chi connectivity index (χ2n) is 8.23. The van der Waals surface area contributed by atoms with Gasteiger partial charge in [0.25, 0.3) is 17.7 Å². The molecule has 0 aliphatic carbocycles. The Morgan fingerprint density at radius 3 is 2.51 bits per heavy atom. The summed E-state index contributed by atoms with van der Waals surface area (Å²) in [7, 11) is 0. The zero-order valence-electron chi connectivity index (χ0n) is 19.8. The van der Waals surface area contributed by atoms with Gasteiger partial charge >= 0.3 is 6.03 Å². The van der Waals surface area contributed by atoms with Crippen LogP contribution in [0.1, 0.15) is 16.7 Å². The first-order valence-electron chi connectivity index (χ1n) is 11.1. The lowest BCUT2D eigenvalue weighted by Crippen LogP contribution is -2.54. The maximum Gasteiger partial charge on any atom is 0.335 e. The Morgan fingerprint density at radius 2 is 1.81 bits per heavy atom. The Balaban J connectivity index is 1.49. The Morgan fingerprint density at radius 1 is 1.05 bits per heavy atom. The lowest BCUT2D eigenvalue weighted by molar-refractivity contribution is -0.122. The van der Waals surface area contributed by atoms with Crippen molar-refractivity contribution < 1.29 is 23.9 Å². The van der Waals surface area contributed by atoms with Gasteiger partial charge in [0.1, 0.15) is 11.3 Å². The average Bonchev–Trinajstić information content (AvgIpc) is 2.84. The molecule has 1 heterocycles. The molecule has 2 N–H and O–H groups in total. The lowest BCUT2D eigenvalue weighted by atomic mass is 10.1. The SMILES string of the molecule is Cc1ccc(N2C(=O)NC(=O)/C(=C\c3ccc(OCC(=O)Nc4ccccc4C)c(Br)c3)C2=O)cc1Cl. The number of para-hydroxylation sites is 1. The lowest BCUT2D eigenvalue weighted by Gasteiger charge is -2.26. The fourth-order valence-corrected chi connectivity index (χ4v) is 4.23. The standard InChI is InChI=1S/C27H21BrClN3O5/c1-15-7-9-18(13-21(15)29)32-26(35)19(25(34)31-27(32)36)11-17-8-10-23(20(28)12-17)37-14-24(33)30-22-6-4-3-5-16(22)2/h3-13H,14H2,1-2H3,(H,30,33)(H,31,34,36)/b19-11+. The number of nitrogens with zero attached hydrogens (tertiary/aromatic N) is 1. The number of benzene rings is 3. The van der Waals surface area contributed by atoms with Crippen LogP contribution in [-0.4, -0.2) is 30.4 Å². The molecule has 0 atom stereocenters. The van der Waals surface area contributed by atoms with E-state index in [1.807, 2.05) is 25.1 Å². The van der Waals surface area contributed by atoms with Crippen LogP contribution < -0.4 is 20.3 Å². The number of aryl methyl sites for hydroxylation is 2. The third kappa shape index (κ3) is 5.90. The highest BCUT2D eigenvalue weighted by Gasteiger charge is 2.37. The highest BCUT2D eigenvalue weighted by atomic mass is 79.9. The van der Waals surface area contributed by atoms with Gasteiger partial charge in [-0.2, -0.15) is 0 Å². The van der Waals surface area contributed by atoms with Crippen LogP contribution in [0.4, 0.5) is 16.2 Å². The first-order chi connectivity index (χ1) is 17.6. The normalized spacial score (nSPS) is 14.5. The van der Waals surface area contributed by atoms with Crippen molar-refractivity contribution in [1.82, 2.24) is 5.32 Å². The van der Waals surface area contributed by atoms with Gasteiger partial charge in [-0.3, -0.25) is 19.7 Å². The molecule has 10 heteroatoms. The monoisotopic (exact) mass is 581 g/mol. The van der Waals surface area contributed by atoms with Gasteiger partial charge in [-0.25, -0.2) is 9.69 Å². The zero-order valence-corrected chi connectivity index (χ0v) is 22.1. The van der Waals surface area contributed by atoms with Crippen molar-refractivity contribution in [2.24, 2.45) is 0 Å². The quantitative estimate of drug-likeness (QED) is 0.299. The van der Waals surface area contributed by atoms with Gasteiger partial charge in [0.15, 0.2) is 6.61 Å².